The monoisotopic (exact) mass is 796 g/mol. The van der Waals surface area contributed by atoms with Crippen LogP contribution in [-0.2, 0) is 14.3 Å². The molecule has 7 N–H and O–H groups in total. The summed E-state index contributed by atoms with van der Waals surface area (Å²) in [7, 11) is 0. The zero-order chi connectivity index (χ0) is 41.1. The van der Waals surface area contributed by atoms with Crippen molar-refractivity contribution in [1.82, 2.24) is 5.32 Å². The molecule has 1 fully saturated rings. The Hall–Kier alpha value is -1.63. The van der Waals surface area contributed by atoms with Gasteiger partial charge in [-0.2, -0.15) is 0 Å². The molecule has 0 saturated carbocycles. The van der Waals surface area contributed by atoms with Crippen LogP contribution in [0.1, 0.15) is 187 Å². The van der Waals surface area contributed by atoms with E-state index in [2.05, 4.69) is 43.5 Å². The lowest BCUT2D eigenvalue weighted by molar-refractivity contribution is -0.302. The Balaban J connectivity index is 2.41. The minimum absolute atomic E-state index is 0.304. The van der Waals surface area contributed by atoms with Gasteiger partial charge in [-0.05, 0) is 44.9 Å². The van der Waals surface area contributed by atoms with Crippen molar-refractivity contribution >= 4 is 5.91 Å². The van der Waals surface area contributed by atoms with Gasteiger partial charge < -0.3 is 45.4 Å². The van der Waals surface area contributed by atoms with Gasteiger partial charge in [-0.25, -0.2) is 0 Å². The van der Waals surface area contributed by atoms with Crippen molar-refractivity contribution in [3.8, 4) is 0 Å². The molecule has 0 aliphatic carbocycles. The number of hydrogen-bond acceptors (Lipinski definition) is 9. The number of ether oxygens (including phenoxy) is 2. The summed E-state index contributed by atoms with van der Waals surface area (Å²) in [6.07, 6.45) is 33.6. The van der Waals surface area contributed by atoms with Gasteiger partial charge in [0.25, 0.3) is 0 Å². The second kappa shape index (κ2) is 36.4. The standard InChI is InChI=1S/C46H85NO9/c1-3-5-7-9-11-13-15-17-18-19-20-21-23-25-27-29-31-33-35-40(50)45(54)47-38(37-55-46-44(53)43(52)42(51)41(36-48)56-46)39(49)34-32-30-28-26-24-22-16-14-12-10-8-6-4-2/h11,13,15,17,32,34,38-44,46,48-53H,3-10,12,14,16,18-31,33,35-37H2,1-2H3,(H,47,54)/b13-11-,17-15-,34-32+. The lowest BCUT2D eigenvalue weighted by atomic mass is 9.99. The highest BCUT2D eigenvalue weighted by atomic mass is 16.7. The molecule has 328 valence electrons. The third-order valence-electron chi connectivity index (χ3n) is 10.8. The molecule has 1 heterocycles. The topological polar surface area (TPSA) is 169 Å². The Morgan fingerprint density at radius 1 is 0.625 bits per heavy atom. The largest absolute Gasteiger partial charge is 0.394 e. The third kappa shape index (κ3) is 26.4. The molecule has 8 unspecified atom stereocenters. The van der Waals surface area contributed by atoms with Crippen LogP contribution in [0.25, 0.3) is 0 Å². The molecular weight excluding hydrogens is 711 g/mol. The van der Waals surface area contributed by atoms with Crippen molar-refractivity contribution in [3.05, 3.63) is 36.5 Å². The van der Waals surface area contributed by atoms with E-state index in [0.29, 0.717) is 12.8 Å². The number of rotatable bonds is 37. The van der Waals surface area contributed by atoms with Crippen LogP contribution >= 0.6 is 0 Å². The molecule has 0 aromatic heterocycles. The summed E-state index contributed by atoms with van der Waals surface area (Å²) < 4.78 is 11.1. The lowest BCUT2D eigenvalue weighted by Gasteiger charge is -2.40. The lowest BCUT2D eigenvalue weighted by Crippen LogP contribution is -2.60. The smallest absolute Gasteiger partial charge is 0.249 e. The van der Waals surface area contributed by atoms with Crippen molar-refractivity contribution in [1.29, 1.82) is 0 Å². The molecule has 0 aromatic rings. The summed E-state index contributed by atoms with van der Waals surface area (Å²) in [6.45, 7) is 3.56. The number of unbranched alkanes of at least 4 members (excludes halogenated alkanes) is 23. The van der Waals surface area contributed by atoms with E-state index in [-0.39, 0.29) is 6.61 Å². The van der Waals surface area contributed by atoms with E-state index in [4.69, 9.17) is 9.47 Å². The van der Waals surface area contributed by atoms with Crippen LogP contribution in [0.15, 0.2) is 36.5 Å². The highest BCUT2D eigenvalue weighted by Crippen LogP contribution is 2.22. The SMILES string of the molecule is CCCCC/C=C\C=C/CCCCCCCCCCCC(O)C(=O)NC(COC1OC(CO)C(O)C(O)C1O)C(O)/C=C/CCCCCCCCCCCCC. The molecule has 0 bridgehead atoms. The molecule has 1 aliphatic rings. The molecule has 10 nitrogen and oxygen atoms in total. The van der Waals surface area contributed by atoms with Gasteiger partial charge in [0, 0.05) is 0 Å². The van der Waals surface area contributed by atoms with Crippen LogP contribution < -0.4 is 5.32 Å². The summed E-state index contributed by atoms with van der Waals surface area (Å²) in [5.41, 5.74) is 0. The molecule has 1 amide bonds. The Labute approximate surface area is 341 Å². The van der Waals surface area contributed by atoms with Crippen LogP contribution in [-0.4, -0.2) is 98.7 Å². The Morgan fingerprint density at radius 3 is 1.59 bits per heavy atom. The number of allylic oxidation sites excluding steroid dienone is 5. The van der Waals surface area contributed by atoms with Crippen LogP contribution in [0.5, 0.6) is 0 Å². The zero-order valence-electron chi connectivity index (χ0n) is 35.5. The summed E-state index contributed by atoms with van der Waals surface area (Å²) >= 11 is 0. The highest BCUT2D eigenvalue weighted by molar-refractivity contribution is 5.80. The average Bonchev–Trinajstić information content (AvgIpc) is 3.20. The van der Waals surface area contributed by atoms with Gasteiger partial charge in [0.1, 0.15) is 30.5 Å². The van der Waals surface area contributed by atoms with Crippen molar-refractivity contribution < 1.29 is 44.9 Å². The second-order valence-corrected chi connectivity index (χ2v) is 16.0. The van der Waals surface area contributed by atoms with Crippen LogP contribution in [0.3, 0.4) is 0 Å². The van der Waals surface area contributed by atoms with E-state index in [1.54, 1.807) is 6.08 Å². The number of hydrogen-bond donors (Lipinski definition) is 7. The number of carbonyl (C=O) groups excluding carboxylic acids is 1. The Kier molecular flexibility index (Phi) is 34.1. The predicted molar refractivity (Wildman–Crippen MR) is 227 cm³/mol. The maximum atomic E-state index is 13.0. The number of carbonyl (C=O) groups is 1. The molecule has 1 saturated heterocycles. The van der Waals surface area contributed by atoms with Gasteiger partial charge in [-0.15, -0.1) is 0 Å². The Morgan fingerprint density at radius 2 is 1.07 bits per heavy atom. The molecule has 10 heteroatoms. The van der Waals surface area contributed by atoms with Crippen LogP contribution in [0, 0.1) is 0 Å². The molecule has 0 spiro atoms. The number of nitrogens with one attached hydrogen (secondary N) is 1. The maximum Gasteiger partial charge on any atom is 0.249 e. The summed E-state index contributed by atoms with van der Waals surface area (Å²) in [4.78, 5) is 13.0. The van der Waals surface area contributed by atoms with Crippen molar-refractivity contribution in [2.75, 3.05) is 13.2 Å². The molecule has 1 rings (SSSR count). The van der Waals surface area contributed by atoms with Gasteiger partial charge in [-0.1, -0.05) is 179 Å². The molecule has 56 heavy (non-hydrogen) atoms. The quantitative estimate of drug-likeness (QED) is 0.0186. The second-order valence-electron chi connectivity index (χ2n) is 16.0. The first kappa shape index (κ1) is 52.4. The number of aliphatic hydroxyl groups is 6. The van der Waals surface area contributed by atoms with E-state index >= 15 is 0 Å². The van der Waals surface area contributed by atoms with Gasteiger partial charge in [0.15, 0.2) is 6.29 Å². The highest BCUT2D eigenvalue weighted by Gasteiger charge is 2.44. The van der Waals surface area contributed by atoms with E-state index in [1.165, 1.54) is 116 Å². The van der Waals surface area contributed by atoms with Crippen LogP contribution in [0.4, 0.5) is 0 Å². The van der Waals surface area contributed by atoms with E-state index < -0.39 is 61.5 Å². The Bertz CT molecular complexity index is 990. The van der Waals surface area contributed by atoms with E-state index in [9.17, 15) is 35.4 Å². The zero-order valence-corrected chi connectivity index (χ0v) is 35.5. The fourth-order valence-electron chi connectivity index (χ4n) is 7.03. The van der Waals surface area contributed by atoms with Gasteiger partial charge in [0.2, 0.25) is 5.91 Å². The average molecular weight is 796 g/mol. The molecule has 0 aromatic carbocycles. The third-order valence-corrected chi connectivity index (χ3v) is 10.8. The first-order chi connectivity index (χ1) is 27.3. The minimum Gasteiger partial charge on any atom is -0.394 e. The number of aliphatic hydroxyl groups excluding tert-OH is 6. The normalized spacial score (nSPS) is 22.0. The van der Waals surface area contributed by atoms with E-state index in [0.717, 1.165) is 44.9 Å². The van der Waals surface area contributed by atoms with Gasteiger partial charge in [0.05, 0.1) is 25.4 Å². The number of amides is 1. The van der Waals surface area contributed by atoms with Crippen molar-refractivity contribution in [2.24, 2.45) is 0 Å². The van der Waals surface area contributed by atoms with Gasteiger partial charge >= 0.3 is 0 Å². The van der Waals surface area contributed by atoms with Crippen molar-refractivity contribution in [2.45, 2.75) is 236 Å². The summed E-state index contributed by atoms with van der Waals surface area (Å²) in [5.74, 6) is -0.622. The first-order valence-electron chi connectivity index (χ1n) is 22.8. The molecule has 0 radical (unpaired) electrons. The van der Waals surface area contributed by atoms with E-state index in [1.807, 2.05) is 6.08 Å². The van der Waals surface area contributed by atoms with Gasteiger partial charge in [-0.3, -0.25) is 4.79 Å². The molecule has 1 aliphatic heterocycles. The summed E-state index contributed by atoms with van der Waals surface area (Å²) in [6, 6.07) is -0.980. The maximum absolute atomic E-state index is 13.0. The minimum atomic E-state index is -1.61. The predicted octanol–water partition coefficient (Wildman–Crippen LogP) is 8.25. The molecule has 8 atom stereocenters. The summed E-state index contributed by atoms with van der Waals surface area (Å²) in [5, 5.41) is 64.6. The molecular formula is C46H85NO9. The fraction of sp³-hybridized carbons (Fsp3) is 0.848. The fourth-order valence-corrected chi connectivity index (χ4v) is 7.03. The first-order valence-corrected chi connectivity index (χ1v) is 22.8. The van der Waals surface area contributed by atoms with Crippen LogP contribution in [0.2, 0.25) is 0 Å². The van der Waals surface area contributed by atoms with Crippen molar-refractivity contribution in [3.63, 3.8) is 0 Å².